The molecule has 0 aliphatic rings. The molecule has 0 spiro atoms. The highest BCUT2D eigenvalue weighted by Gasteiger charge is 2.12. The van der Waals surface area contributed by atoms with Crippen molar-refractivity contribution in [3.05, 3.63) is 83.2 Å². The molecular weight excluding hydrogens is 370 g/mol. The number of hydrogen-bond acceptors (Lipinski definition) is 5. The maximum atomic E-state index is 12.4. The van der Waals surface area contributed by atoms with Crippen LogP contribution < -0.4 is 10.9 Å². The molecule has 5 rings (SSSR count). The molecule has 0 aliphatic carbocycles. The molecule has 0 saturated heterocycles. The first kappa shape index (κ1) is 16.9. The molecule has 2 N–H and O–H groups in total. The summed E-state index contributed by atoms with van der Waals surface area (Å²) in [6.45, 7) is 0. The van der Waals surface area contributed by atoms with E-state index in [9.17, 15) is 9.59 Å². The number of aromatic amines is 1. The zero-order chi connectivity index (χ0) is 19.8. The van der Waals surface area contributed by atoms with Gasteiger partial charge in [0.15, 0.2) is 5.65 Å². The third kappa shape index (κ3) is 3.06. The van der Waals surface area contributed by atoms with Gasteiger partial charge in [-0.05, 0) is 30.3 Å². The number of fused-ring (bicyclic) bond motifs is 2. The van der Waals surface area contributed by atoms with Gasteiger partial charge in [0.2, 0.25) is 5.91 Å². The van der Waals surface area contributed by atoms with Crippen molar-refractivity contribution in [3.63, 3.8) is 0 Å². The maximum absolute atomic E-state index is 12.4. The van der Waals surface area contributed by atoms with E-state index in [4.69, 9.17) is 4.42 Å². The van der Waals surface area contributed by atoms with Gasteiger partial charge in [0.25, 0.3) is 5.56 Å². The Balaban J connectivity index is 1.34. The van der Waals surface area contributed by atoms with Gasteiger partial charge in [-0.3, -0.25) is 9.59 Å². The lowest BCUT2D eigenvalue weighted by atomic mass is 10.1. The van der Waals surface area contributed by atoms with Crippen LogP contribution in [0.3, 0.4) is 0 Å². The van der Waals surface area contributed by atoms with Crippen molar-refractivity contribution in [2.75, 3.05) is 5.32 Å². The number of para-hydroxylation sites is 1. The molecule has 0 bridgehead atoms. The average molecular weight is 385 g/mol. The second-order valence-electron chi connectivity index (χ2n) is 6.55. The highest BCUT2D eigenvalue weighted by atomic mass is 16.3. The van der Waals surface area contributed by atoms with Crippen LogP contribution in [0.4, 0.5) is 5.69 Å². The smallest absolute Gasteiger partial charge is 0.261 e. The number of nitrogens with zero attached hydrogens (tertiary/aromatic N) is 3. The fourth-order valence-electron chi connectivity index (χ4n) is 3.28. The third-order valence-corrected chi connectivity index (χ3v) is 4.68. The number of anilines is 1. The molecule has 3 aromatic heterocycles. The summed E-state index contributed by atoms with van der Waals surface area (Å²) in [5, 5.41) is 8.47. The molecule has 0 fully saturated rings. The van der Waals surface area contributed by atoms with Crippen LogP contribution in [0.1, 0.15) is 5.56 Å². The Labute approximate surface area is 163 Å². The Kier molecular flexibility index (Phi) is 3.94. The maximum Gasteiger partial charge on any atom is 0.261 e. The van der Waals surface area contributed by atoms with Crippen molar-refractivity contribution in [2.24, 2.45) is 0 Å². The minimum absolute atomic E-state index is 0.137. The van der Waals surface area contributed by atoms with E-state index in [2.05, 4.69) is 20.4 Å². The summed E-state index contributed by atoms with van der Waals surface area (Å²) >= 11 is 0. The van der Waals surface area contributed by atoms with Crippen molar-refractivity contribution >= 4 is 33.6 Å². The van der Waals surface area contributed by atoms with Gasteiger partial charge in [-0.1, -0.05) is 18.2 Å². The Morgan fingerprint density at radius 1 is 1.10 bits per heavy atom. The van der Waals surface area contributed by atoms with Gasteiger partial charge in [-0.15, -0.1) is 0 Å². The fourth-order valence-corrected chi connectivity index (χ4v) is 3.28. The number of carbonyl (C=O) groups is 1. The van der Waals surface area contributed by atoms with Gasteiger partial charge in [0, 0.05) is 16.6 Å². The van der Waals surface area contributed by atoms with E-state index in [1.165, 1.54) is 12.5 Å². The summed E-state index contributed by atoms with van der Waals surface area (Å²) in [4.78, 5) is 30.9. The van der Waals surface area contributed by atoms with Crippen molar-refractivity contribution in [2.45, 2.75) is 6.42 Å². The SMILES string of the molecule is O=C(Cc1coc2ccccc12)Nc1ccc(-n2ncc3c(=O)[nH]cnc32)cc1. The molecule has 2 aromatic carbocycles. The second-order valence-corrected chi connectivity index (χ2v) is 6.55. The number of rotatable bonds is 4. The predicted molar refractivity (Wildman–Crippen MR) is 108 cm³/mol. The number of nitrogens with one attached hydrogen (secondary N) is 2. The summed E-state index contributed by atoms with van der Waals surface area (Å²) in [6.07, 6.45) is 4.66. The first-order valence-electron chi connectivity index (χ1n) is 8.96. The minimum Gasteiger partial charge on any atom is -0.464 e. The highest BCUT2D eigenvalue weighted by molar-refractivity contribution is 5.95. The van der Waals surface area contributed by atoms with Gasteiger partial charge in [0.1, 0.15) is 11.0 Å². The largest absolute Gasteiger partial charge is 0.464 e. The molecule has 0 aliphatic heterocycles. The first-order valence-corrected chi connectivity index (χ1v) is 8.96. The molecule has 1 amide bonds. The van der Waals surface area contributed by atoms with Gasteiger partial charge < -0.3 is 14.7 Å². The second kappa shape index (κ2) is 6.75. The number of H-pyrrole nitrogens is 1. The molecule has 8 heteroatoms. The van der Waals surface area contributed by atoms with E-state index in [1.54, 1.807) is 35.2 Å². The molecular formula is C21H15N5O3. The summed E-state index contributed by atoms with van der Waals surface area (Å²) in [5.41, 5.74) is 3.23. The molecule has 8 nitrogen and oxygen atoms in total. The summed E-state index contributed by atoms with van der Waals surface area (Å²) in [5.74, 6) is -0.137. The first-order chi connectivity index (χ1) is 14.2. The van der Waals surface area contributed by atoms with Gasteiger partial charge in [-0.2, -0.15) is 5.10 Å². The minimum atomic E-state index is -0.239. The molecule has 142 valence electrons. The molecule has 29 heavy (non-hydrogen) atoms. The van der Waals surface area contributed by atoms with Crippen LogP contribution in [0, 0.1) is 0 Å². The standard InChI is InChI=1S/C21H15N5O3/c27-19(9-13-11-29-18-4-2-1-3-16(13)18)25-14-5-7-15(8-6-14)26-20-17(10-24-26)21(28)23-12-22-20/h1-8,10-12H,9H2,(H,25,27)(H,22,23,28). The van der Waals surface area contributed by atoms with Crippen LogP contribution >= 0.6 is 0 Å². The zero-order valence-corrected chi connectivity index (χ0v) is 15.1. The number of carbonyl (C=O) groups excluding carboxylic acids is 1. The molecule has 0 radical (unpaired) electrons. The van der Waals surface area contributed by atoms with Gasteiger partial charge in [0.05, 0.1) is 30.9 Å². The van der Waals surface area contributed by atoms with Crippen LogP contribution in [0.2, 0.25) is 0 Å². The van der Waals surface area contributed by atoms with Crippen molar-refractivity contribution in [3.8, 4) is 5.69 Å². The summed E-state index contributed by atoms with van der Waals surface area (Å²) < 4.78 is 7.06. The van der Waals surface area contributed by atoms with Crippen LogP contribution in [-0.4, -0.2) is 25.7 Å². The number of amides is 1. The van der Waals surface area contributed by atoms with Crippen LogP contribution in [0.25, 0.3) is 27.7 Å². The lowest BCUT2D eigenvalue weighted by Crippen LogP contribution is -2.14. The normalized spacial score (nSPS) is 11.2. The van der Waals surface area contributed by atoms with Crippen molar-refractivity contribution in [1.29, 1.82) is 0 Å². The Morgan fingerprint density at radius 2 is 1.93 bits per heavy atom. The lowest BCUT2D eigenvalue weighted by molar-refractivity contribution is -0.115. The zero-order valence-electron chi connectivity index (χ0n) is 15.1. The monoisotopic (exact) mass is 385 g/mol. The molecule has 5 aromatic rings. The molecule has 0 atom stereocenters. The van der Waals surface area contributed by atoms with Crippen molar-refractivity contribution < 1.29 is 9.21 Å². The van der Waals surface area contributed by atoms with Crippen LogP contribution in [0.5, 0.6) is 0 Å². The summed E-state index contributed by atoms with van der Waals surface area (Å²) in [6, 6.07) is 14.8. The van der Waals surface area contributed by atoms with Gasteiger partial charge in [-0.25, -0.2) is 9.67 Å². The van der Waals surface area contributed by atoms with E-state index in [-0.39, 0.29) is 17.9 Å². The number of benzene rings is 2. The lowest BCUT2D eigenvalue weighted by Gasteiger charge is -2.07. The number of aromatic nitrogens is 4. The van der Waals surface area contributed by atoms with Crippen molar-refractivity contribution in [1.82, 2.24) is 19.7 Å². The van der Waals surface area contributed by atoms with Gasteiger partial charge >= 0.3 is 0 Å². The predicted octanol–water partition coefficient (Wildman–Crippen LogP) is 3.04. The van der Waals surface area contributed by atoms with Crippen LogP contribution in [-0.2, 0) is 11.2 Å². The number of hydrogen-bond donors (Lipinski definition) is 2. The highest BCUT2D eigenvalue weighted by Crippen LogP contribution is 2.22. The van der Waals surface area contributed by atoms with E-state index < -0.39 is 0 Å². The quantitative estimate of drug-likeness (QED) is 0.495. The van der Waals surface area contributed by atoms with E-state index >= 15 is 0 Å². The van der Waals surface area contributed by atoms with E-state index in [0.29, 0.717) is 16.7 Å². The molecule has 0 saturated carbocycles. The Bertz CT molecular complexity index is 1400. The van der Waals surface area contributed by atoms with E-state index in [0.717, 1.165) is 22.2 Å². The van der Waals surface area contributed by atoms with E-state index in [1.807, 2.05) is 24.3 Å². The van der Waals surface area contributed by atoms with Crippen LogP contribution in [0.15, 0.2) is 76.5 Å². The molecule has 3 heterocycles. The average Bonchev–Trinajstić information content (AvgIpc) is 3.34. The fraction of sp³-hybridized carbons (Fsp3) is 0.0476. The summed E-state index contributed by atoms with van der Waals surface area (Å²) in [7, 11) is 0. The Morgan fingerprint density at radius 3 is 2.79 bits per heavy atom. The number of furan rings is 1. The Hall–Kier alpha value is -4.20. The molecule has 0 unspecified atom stereocenters. The third-order valence-electron chi connectivity index (χ3n) is 4.68. The topological polar surface area (TPSA) is 106 Å².